The third kappa shape index (κ3) is 5.45. The van der Waals surface area contributed by atoms with Gasteiger partial charge in [0.05, 0.1) is 17.5 Å². The molecule has 0 bridgehead atoms. The molecule has 0 saturated heterocycles. The molecule has 0 saturated carbocycles. The molecular formula is C19H26N2O4S. The average molecular weight is 378 g/mol. The highest BCUT2D eigenvalue weighted by Crippen LogP contribution is 2.26. The fourth-order valence-electron chi connectivity index (χ4n) is 2.32. The first-order valence-corrected chi connectivity index (χ1v) is 10.0. The molecule has 1 unspecified atom stereocenters. The molecule has 7 heteroatoms. The lowest BCUT2D eigenvalue weighted by atomic mass is 10.1. The zero-order valence-corrected chi connectivity index (χ0v) is 16.1. The van der Waals surface area contributed by atoms with Crippen LogP contribution in [0.15, 0.2) is 48.5 Å². The number of rotatable bonds is 9. The van der Waals surface area contributed by atoms with Crippen molar-refractivity contribution >= 4 is 21.4 Å². The number of hydrogen-bond acceptors (Lipinski definition) is 5. The van der Waals surface area contributed by atoms with E-state index in [1.165, 1.54) is 0 Å². The standard InChI is InChI=1S/C19H26N2O4S/c1-14(2)26(23,24)21-18-7-5-4-6-17(18)19(22)20-16-10-8-15(9-11-16)12-13-25-3/h4-11,14,19-22H,12-13H2,1-3H3. The summed E-state index contributed by atoms with van der Waals surface area (Å²) >= 11 is 0. The van der Waals surface area contributed by atoms with Crippen molar-refractivity contribution in [2.75, 3.05) is 23.8 Å². The van der Waals surface area contributed by atoms with Crippen LogP contribution in [0.3, 0.4) is 0 Å². The van der Waals surface area contributed by atoms with Crippen molar-refractivity contribution in [2.45, 2.75) is 31.7 Å². The summed E-state index contributed by atoms with van der Waals surface area (Å²) in [5, 5.41) is 13.0. The minimum absolute atomic E-state index is 0.359. The molecule has 1 atom stereocenters. The highest BCUT2D eigenvalue weighted by Gasteiger charge is 2.19. The Morgan fingerprint density at radius 3 is 2.35 bits per heavy atom. The van der Waals surface area contributed by atoms with Crippen LogP contribution >= 0.6 is 0 Å². The van der Waals surface area contributed by atoms with Gasteiger partial charge in [0, 0.05) is 18.4 Å². The van der Waals surface area contributed by atoms with Crippen LogP contribution in [0, 0.1) is 0 Å². The molecule has 142 valence electrons. The molecule has 2 aromatic rings. The van der Waals surface area contributed by atoms with E-state index in [-0.39, 0.29) is 0 Å². The van der Waals surface area contributed by atoms with Gasteiger partial charge >= 0.3 is 0 Å². The van der Waals surface area contributed by atoms with Crippen LogP contribution in [0.4, 0.5) is 11.4 Å². The summed E-state index contributed by atoms with van der Waals surface area (Å²) in [4.78, 5) is 0. The Hall–Kier alpha value is -2.09. The number of aliphatic hydroxyl groups is 1. The summed E-state index contributed by atoms with van der Waals surface area (Å²) in [5.74, 6) is 0. The zero-order valence-electron chi connectivity index (χ0n) is 15.3. The summed E-state index contributed by atoms with van der Waals surface area (Å²) in [6.45, 7) is 3.86. The average Bonchev–Trinajstić information content (AvgIpc) is 2.61. The Balaban J connectivity index is 2.13. The topological polar surface area (TPSA) is 87.7 Å². The summed E-state index contributed by atoms with van der Waals surface area (Å²) in [5.41, 5.74) is 2.69. The Labute approximate surface area is 155 Å². The van der Waals surface area contributed by atoms with Gasteiger partial charge in [0.15, 0.2) is 6.23 Å². The van der Waals surface area contributed by atoms with Gasteiger partial charge < -0.3 is 15.2 Å². The van der Waals surface area contributed by atoms with Crippen LogP contribution in [-0.2, 0) is 21.2 Å². The first-order chi connectivity index (χ1) is 12.3. The molecule has 0 aromatic heterocycles. The lowest BCUT2D eigenvalue weighted by molar-refractivity contribution is 0.202. The second kappa shape index (κ2) is 9.02. The van der Waals surface area contributed by atoms with E-state index < -0.39 is 21.5 Å². The van der Waals surface area contributed by atoms with Gasteiger partial charge in [-0.15, -0.1) is 0 Å². The lowest BCUT2D eigenvalue weighted by Gasteiger charge is -2.20. The fraction of sp³-hybridized carbons (Fsp3) is 0.368. The van der Waals surface area contributed by atoms with E-state index in [0.29, 0.717) is 17.9 Å². The molecule has 0 aliphatic heterocycles. The van der Waals surface area contributed by atoms with Gasteiger partial charge in [0.25, 0.3) is 0 Å². The Bertz CT molecular complexity index is 805. The molecule has 2 aromatic carbocycles. The monoisotopic (exact) mass is 378 g/mol. The molecule has 26 heavy (non-hydrogen) atoms. The number of nitrogens with one attached hydrogen (secondary N) is 2. The quantitative estimate of drug-likeness (QED) is 0.584. The van der Waals surface area contributed by atoms with Crippen molar-refractivity contribution in [3.8, 4) is 0 Å². The second-order valence-corrected chi connectivity index (χ2v) is 8.51. The first kappa shape index (κ1) is 20.2. The number of sulfonamides is 1. The third-order valence-electron chi connectivity index (χ3n) is 3.98. The number of anilines is 2. The maximum atomic E-state index is 12.1. The number of methoxy groups -OCH3 is 1. The minimum Gasteiger partial charge on any atom is -0.384 e. The van der Waals surface area contributed by atoms with Gasteiger partial charge in [-0.05, 0) is 44.0 Å². The van der Waals surface area contributed by atoms with E-state index in [1.807, 2.05) is 24.3 Å². The molecule has 0 aliphatic carbocycles. The fourth-order valence-corrected chi connectivity index (χ4v) is 3.05. The van der Waals surface area contributed by atoms with Crippen molar-refractivity contribution in [2.24, 2.45) is 0 Å². The Kier molecular flexibility index (Phi) is 7.02. The van der Waals surface area contributed by atoms with Crippen molar-refractivity contribution in [1.29, 1.82) is 0 Å². The van der Waals surface area contributed by atoms with E-state index in [2.05, 4.69) is 10.0 Å². The lowest BCUT2D eigenvalue weighted by Crippen LogP contribution is -2.24. The van der Waals surface area contributed by atoms with Crippen LogP contribution < -0.4 is 10.0 Å². The molecular weight excluding hydrogens is 352 g/mol. The van der Waals surface area contributed by atoms with Crippen molar-refractivity contribution < 1.29 is 18.3 Å². The zero-order chi connectivity index (χ0) is 19.2. The SMILES string of the molecule is COCCc1ccc(NC(O)c2ccccc2NS(=O)(=O)C(C)C)cc1. The molecule has 0 amide bonds. The molecule has 3 N–H and O–H groups in total. The molecule has 0 fully saturated rings. The van der Waals surface area contributed by atoms with E-state index in [0.717, 1.165) is 17.7 Å². The molecule has 0 spiro atoms. The number of ether oxygens (including phenoxy) is 1. The number of para-hydroxylation sites is 1. The van der Waals surface area contributed by atoms with Crippen molar-refractivity contribution in [3.05, 3.63) is 59.7 Å². The van der Waals surface area contributed by atoms with Crippen LogP contribution in [-0.4, -0.2) is 32.5 Å². The number of aliphatic hydroxyl groups excluding tert-OH is 1. The maximum Gasteiger partial charge on any atom is 0.235 e. The maximum absolute atomic E-state index is 12.1. The van der Waals surface area contributed by atoms with E-state index in [9.17, 15) is 13.5 Å². The molecule has 0 radical (unpaired) electrons. The van der Waals surface area contributed by atoms with Gasteiger partial charge in [-0.25, -0.2) is 8.42 Å². The van der Waals surface area contributed by atoms with Crippen molar-refractivity contribution in [3.63, 3.8) is 0 Å². The van der Waals surface area contributed by atoms with Gasteiger partial charge in [-0.2, -0.15) is 0 Å². The van der Waals surface area contributed by atoms with Gasteiger partial charge in [-0.3, -0.25) is 4.72 Å². The first-order valence-electron chi connectivity index (χ1n) is 8.46. The highest BCUT2D eigenvalue weighted by molar-refractivity contribution is 7.93. The molecule has 2 rings (SSSR count). The molecule has 6 nitrogen and oxygen atoms in total. The summed E-state index contributed by atoms with van der Waals surface area (Å²) in [6, 6.07) is 14.4. The molecule has 0 aliphatic rings. The Morgan fingerprint density at radius 2 is 1.73 bits per heavy atom. The van der Waals surface area contributed by atoms with Crippen LogP contribution in [0.5, 0.6) is 0 Å². The third-order valence-corrected chi connectivity index (χ3v) is 5.73. The van der Waals surface area contributed by atoms with Crippen molar-refractivity contribution in [1.82, 2.24) is 0 Å². The Morgan fingerprint density at radius 1 is 1.08 bits per heavy atom. The van der Waals surface area contributed by atoms with Crippen LogP contribution in [0.2, 0.25) is 0 Å². The highest BCUT2D eigenvalue weighted by atomic mass is 32.2. The van der Waals surface area contributed by atoms with Gasteiger partial charge in [-0.1, -0.05) is 30.3 Å². The predicted octanol–water partition coefficient (Wildman–Crippen LogP) is 3.13. The van der Waals surface area contributed by atoms with E-state index in [4.69, 9.17) is 4.74 Å². The van der Waals surface area contributed by atoms with E-state index in [1.54, 1.807) is 45.2 Å². The van der Waals surface area contributed by atoms with E-state index >= 15 is 0 Å². The smallest absolute Gasteiger partial charge is 0.235 e. The summed E-state index contributed by atoms with van der Waals surface area (Å²) in [7, 11) is -1.83. The largest absolute Gasteiger partial charge is 0.384 e. The van der Waals surface area contributed by atoms with Crippen LogP contribution in [0.25, 0.3) is 0 Å². The van der Waals surface area contributed by atoms with Gasteiger partial charge in [0.1, 0.15) is 0 Å². The summed E-state index contributed by atoms with van der Waals surface area (Å²) < 4.78 is 31.9. The second-order valence-electron chi connectivity index (χ2n) is 6.27. The summed E-state index contributed by atoms with van der Waals surface area (Å²) in [6.07, 6.45) is -0.232. The molecule has 0 heterocycles. The number of hydrogen-bond donors (Lipinski definition) is 3. The normalized spacial score (nSPS) is 12.8. The number of benzene rings is 2. The van der Waals surface area contributed by atoms with Gasteiger partial charge in [0.2, 0.25) is 10.0 Å². The predicted molar refractivity (Wildman–Crippen MR) is 105 cm³/mol. The van der Waals surface area contributed by atoms with Crippen LogP contribution in [0.1, 0.15) is 31.2 Å². The minimum atomic E-state index is -3.50.